The molecule has 1 rings (SSSR count). The normalized spacial score (nSPS) is 10.8. The molecule has 0 saturated heterocycles. The Kier molecular flexibility index (Phi) is 10.4. The second kappa shape index (κ2) is 12.2. The Hall–Kier alpha value is -0.820. The number of benzene rings is 1. The second-order valence-electron chi connectivity index (χ2n) is 5.41. The Labute approximate surface area is 119 Å². The molecule has 0 aliphatic rings. The van der Waals surface area contributed by atoms with Gasteiger partial charge < -0.3 is 4.74 Å². The molecular weight excluding hydrogens is 232 g/mol. The maximum atomic E-state index is 5.05. The lowest BCUT2D eigenvalue weighted by Crippen LogP contribution is -1.88. The zero-order valence-corrected chi connectivity index (χ0v) is 12.6. The highest BCUT2D eigenvalue weighted by Crippen LogP contribution is 2.11. The molecule has 0 spiro atoms. The molecule has 108 valence electrons. The van der Waals surface area contributed by atoms with Crippen LogP contribution in [-0.2, 0) is 11.2 Å². The van der Waals surface area contributed by atoms with E-state index in [1.54, 1.807) is 7.11 Å². The molecule has 0 heterocycles. The van der Waals surface area contributed by atoms with Gasteiger partial charge in [-0.2, -0.15) is 0 Å². The summed E-state index contributed by atoms with van der Waals surface area (Å²) in [6.45, 7) is 0.930. The van der Waals surface area contributed by atoms with Crippen LogP contribution in [0.15, 0.2) is 30.3 Å². The van der Waals surface area contributed by atoms with Crippen LogP contribution in [0.1, 0.15) is 63.4 Å². The van der Waals surface area contributed by atoms with Crippen LogP contribution in [0.4, 0.5) is 0 Å². The molecule has 0 amide bonds. The van der Waals surface area contributed by atoms with E-state index < -0.39 is 0 Å². The monoisotopic (exact) mass is 262 g/mol. The Morgan fingerprint density at radius 1 is 0.684 bits per heavy atom. The lowest BCUT2D eigenvalue weighted by atomic mass is 10.0. The van der Waals surface area contributed by atoms with E-state index in [4.69, 9.17) is 4.74 Å². The molecule has 0 aromatic heterocycles. The minimum atomic E-state index is 0.930. The Morgan fingerprint density at radius 3 is 1.79 bits per heavy atom. The van der Waals surface area contributed by atoms with Crippen molar-refractivity contribution in [3.63, 3.8) is 0 Å². The second-order valence-corrected chi connectivity index (χ2v) is 5.41. The average molecular weight is 262 g/mol. The molecule has 0 unspecified atom stereocenters. The third-order valence-corrected chi connectivity index (χ3v) is 3.66. The molecule has 1 nitrogen and oxygen atoms in total. The van der Waals surface area contributed by atoms with E-state index in [1.807, 2.05) is 0 Å². The smallest absolute Gasteiger partial charge is 0.0462 e. The van der Waals surface area contributed by atoms with Crippen molar-refractivity contribution in [3.8, 4) is 0 Å². The molecule has 0 radical (unpaired) electrons. The van der Waals surface area contributed by atoms with Crippen LogP contribution in [0, 0.1) is 0 Å². The molecule has 0 fully saturated rings. The lowest BCUT2D eigenvalue weighted by Gasteiger charge is -2.03. The Morgan fingerprint density at radius 2 is 1.21 bits per heavy atom. The number of rotatable bonds is 12. The summed E-state index contributed by atoms with van der Waals surface area (Å²) in [5.74, 6) is 0. The van der Waals surface area contributed by atoms with Crippen molar-refractivity contribution < 1.29 is 4.74 Å². The van der Waals surface area contributed by atoms with Gasteiger partial charge in [0.05, 0.1) is 0 Å². The molecule has 0 aliphatic carbocycles. The summed E-state index contributed by atoms with van der Waals surface area (Å²) >= 11 is 0. The van der Waals surface area contributed by atoms with Gasteiger partial charge in [-0.1, -0.05) is 75.3 Å². The van der Waals surface area contributed by atoms with Crippen molar-refractivity contribution >= 4 is 0 Å². The highest BCUT2D eigenvalue weighted by Gasteiger charge is 1.94. The van der Waals surface area contributed by atoms with Gasteiger partial charge in [0.1, 0.15) is 0 Å². The molecule has 0 aliphatic heterocycles. The van der Waals surface area contributed by atoms with Gasteiger partial charge in [0, 0.05) is 13.7 Å². The molecule has 1 aromatic carbocycles. The van der Waals surface area contributed by atoms with Crippen molar-refractivity contribution in [1.82, 2.24) is 0 Å². The number of hydrogen-bond donors (Lipinski definition) is 0. The lowest BCUT2D eigenvalue weighted by molar-refractivity contribution is 0.192. The summed E-state index contributed by atoms with van der Waals surface area (Å²) in [6, 6.07) is 10.8. The van der Waals surface area contributed by atoms with E-state index in [1.165, 1.54) is 69.8 Å². The SMILES string of the molecule is COCCCCCCCCCCCc1ccccc1. The first-order valence-electron chi connectivity index (χ1n) is 7.96. The Balaban J connectivity index is 1.79. The molecule has 0 saturated carbocycles. The highest BCUT2D eigenvalue weighted by molar-refractivity contribution is 5.14. The summed E-state index contributed by atoms with van der Waals surface area (Å²) < 4.78 is 5.05. The maximum absolute atomic E-state index is 5.05. The summed E-state index contributed by atoms with van der Waals surface area (Å²) in [6.07, 6.45) is 13.6. The molecule has 0 N–H and O–H groups in total. The summed E-state index contributed by atoms with van der Waals surface area (Å²) in [7, 11) is 1.79. The van der Waals surface area contributed by atoms with E-state index in [-0.39, 0.29) is 0 Å². The third-order valence-electron chi connectivity index (χ3n) is 3.66. The summed E-state index contributed by atoms with van der Waals surface area (Å²) in [5.41, 5.74) is 1.49. The van der Waals surface area contributed by atoms with Gasteiger partial charge in [-0.3, -0.25) is 0 Å². The van der Waals surface area contributed by atoms with E-state index in [9.17, 15) is 0 Å². The van der Waals surface area contributed by atoms with Crippen molar-refractivity contribution in [2.24, 2.45) is 0 Å². The van der Waals surface area contributed by atoms with Crippen LogP contribution in [0.5, 0.6) is 0 Å². The molecule has 19 heavy (non-hydrogen) atoms. The summed E-state index contributed by atoms with van der Waals surface area (Å²) in [5, 5.41) is 0. The molecule has 1 heteroatoms. The molecule has 0 bridgehead atoms. The van der Waals surface area contributed by atoms with Crippen molar-refractivity contribution in [3.05, 3.63) is 35.9 Å². The largest absolute Gasteiger partial charge is 0.385 e. The number of hydrogen-bond acceptors (Lipinski definition) is 1. The van der Waals surface area contributed by atoms with Crippen LogP contribution in [0.25, 0.3) is 0 Å². The summed E-state index contributed by atoms with van der Waals surface area (Å²) in [4.78, 5) is 0. The van der Waals surface area contributed by atoms with E-state index in [2.05, 4.69) is 30.3 Å². The minimum Gasteiger partial charge on any atom is -0.385 e. The van der Waals surface area contributed by atoms with Gasteiger partial charge >= 0.3 is 0 Å². The van der Waals surface area contributed by atoms with Crippen LogP contribution < -0.4 is 0 Å². The van der Waals surface area contributed by atoms with E-state index in [0.717, 1.165) is 6.61 Å². The third kappa shape index (κ3) is 9.72. The predicted molar refractivity (Wildman–Crippen MR) is 83.6 cm³/mol. The van der Waals surface area contributed by atoms with Crippen LogP contribution >= 0.6 is 0 Å². The quantitative estimate of drug-likeness (QED) is 0.459. The molecule has 1 aromatic rings. The van der Waals surface area contributed by atoms with Gasteiger partial charge in [-0.25, -0.2) is 0 Å². The van der Waals surface area contributed by atoms with Gasteiger partial charge in [-0.15, -0.1) is 0 Å². The topological polar surface area (TPSA) is 9.23 Å². The van der Waals surface area contributed by atoms with Gasteiger partial charge in [0.25, 0.3) is 0 Å². The van der Waals surface area contributed by atoms with Gasteiger partial charge in [-0.05, 0) is 24.8 Å². The van der Waals surface area contributed by atoms with Gasteiger partial charge in [0.15, 0.2) is 0 Å². The fraction of sp³-hybridized carbons (Fsp3) is 0.667. The minimum absolute atomic E-state index is 0.930. The van der Waals surface area contributed by atoms with E-state index in [0.29, 0.717) is 0 Å². The average Bonchev–Trinajstić information content (AvgIpc) is 2.46. The molecule has 0 atom stereocenters. The molecular formula is C18H30O. The number of ether oxygens (including phenoxy) is 1. The van der Waals surface area contributed by atoms with Crippen LogP contribution in [0.2, 0.25) is 0 Å². The highest BCUT2D eigenvalue weighted by atomic mass is 16.5. The van der Waals surface area contributed by atoms with Crippen molar-refractivity contribution in [1.29, 1.82) is 0 Å². The first kappa shape index (κ1) is 16.2. The van der Waals surface area contributed by atoms with Crippen LogP contribution in [-0.4, -0.2) is 13.7 Å². The fourth-order valence-electron chi connectivity index (χ4n) is 2.46. The zero-order chi connectivity index (χ0) is 13.6. The van der Waals surface area contributed by atoms with Crippen molar-refractivity contribution in [2.75, 3.05) is 13.7 Å². The van der Waals surface area contributed by atoms with Gasteiger partial charge in [0.2, 0.25) is 0 Å². The standard InChI is InChI=1S/C18H30O/c1-19-17-13-8-6-4-2-3-5-7-10-14-18-15-11-9-12-16-18/h9,11-12,15-16H,2-8,10,13-14,17H2,1H3. The predicted octanol–water partition coefficient (Wildman–Crippen LogP) is 5.39. The number of aryl methyl sites for hydroxylation is 1. The maximum Gasteiger partial charge on any atom is 0.0462 e. The number of methoxy groups -OCH3 is 1. The first-order valence-corrected chi connectivity index (χ1v) is 7.96. The van der Waals surface area contributed by atoms with E-state index >= 15 is 0 Å². The zero-order valence-electron chi connectivity index (χ0n) is 12.6. The Bertz CT molecular complexity index is 281. The fourth-order valence-corrected chi connectivity index (χ4v) is 2.46. The van der Waals surface area contributed by atoms with Crippen molar-refractivity contribution in [2.45, 2.75) is 64.2 Å². The van der Waals surface area contributed by atoms with Crippen LogP contribution in [0.3, 0.4) is 0 Å². The number of unbranched alkanes of at least 4 members (excludes halogenated alkanes) is 8. The first-order chi connectivity index (χ1) is 9.43.